The van der Waals surface area contributed by atoms with Crippen LogP contribution in [-0.2, 0) is 4.79 Å². The second kappa shape index (κ2) is 6.91. The van der Waals surface area contributed by atoms with Gasteiger partial charge in [-0.1, -0.05) is 0 Å². The third kappa shape index (κ3) is 4.21. The van der Waals surface area contributed by atoms with Crippen molar-refractivity contribution in [2.75, 3.05) is 20.2 Å². The summed E-state index contributed by atoms with van der Waals surface area (Å²) in [5.41, 5.74) is 0.128. The average Bonchev–Trinajstić information content (AvgIpc) is 2.36. The number of aromatic carboxylic acids is 1. The highest BCUT2D eigenvalue weighted by Crippen LogP contribution is 2.34. The summed E-state index contributed by atoms with van der Waals surface area (Å²) in [7, 11) is 1.68. The first-order valence-corrected chi connectivity index (χ1v) is 7.04. The summed E-state index contributed by atoms with van der Waals surface area (Å²) in [4.78, 5) is 24.0. The Morgan fingerprint density at radius 1 is 1.32 bits per heavy atom. The van der Waals surface area contributed by atoms with Gasteiger partial charge in [-0.15, -0.1) is 0 Å². The number of carbonyl (C=O) groups excluding carboxylic acids is 1. The smallest absolute Gasteiger partial charge is 0.335 e. The van der Waals surface area contributed by atoms with Crippen molar-refractivity contribution < 1.29 is 19.4 Å². The first kappa shape index (κ1) is 16.0. The van der Waals surface area contributed by atoms with Crippen LogP contribution in [0.4, 0.5) is 0 Å². The van der Waals surface area contributed by atoms with Gasteiger partial charge in [0.2, 0.25) is 0 Å². The third-order valence-corrected chi connectivity index (χ3v) is 3.66. The molecule has 0 aliphatic heterocycles. The summed E-state index contributed by atoms with van der Waals surface area (Å²) in [6.07, 6.45) is 0. The number of ether oxygens (including phenoxy) is 1. The van der Waals surface area contributed by atoms with Crippen LogP contribution < -0.4 is 4.74 Å². The Hall–Kier alpha value is -1.08. The Morgan fingerprint density at radius 3 is 2.26 bits per heavy atom. The molecule has 0 fully saturated rings. The molecule has 1 N–H and O–H groups in total. The summed E-state index contributed by atoms with van der Waals surface area (Å²) in [6.45, 7) is 2.36. The number of benzene rings is 1. The minimum atomic E-state index is -1.03. The molecule has 0 heterocycles. The van der Waals surface area contributed by atoms with Crippen molar-refractivity contribution in [3.63, 3.8) is 0 Å². The molecule has 0 atom stereocenters. The molecule has 0 unspecified atom stereocenters. The number of amides is 1. The second-order valence-electron chi connectivity index (χ2n) is 3.77. The molecule has 0 aliphatic rings. The van der Waals surface area contributed by atoms with Crippen LogP contribution in [0.25, 0.3) is 0 Å². The minimum absolute atomic E-state index is 0.103. The summed E-state index contributed by atoms with van der Waals surface area (Å²) < 4.78 is 6.37. The highest BCUT2D eigenvalue weighted by atomic mass is 79.9. The maximum atomic E-state index is 11.6. The monoisotopic (exact) mass is 393 g/mol. The lowest BCUT2D eigenvalue weighted by Gasteiger charge is -2.16. The summed E-state index contributed by atoms with van der Waals surface area (Å²) >= 11 is 6.45. The molecule has 1 amide bonds. The molecule has 0 spiro atoms. The van der Waals surface area contributed by atoms with Crippen molar-refractivity contribution in [2.45, 2.75) is 6.92 Å². The predicted octanol–water partition coefficient (Wildman–Crippen LogP) is 2.77. The minimum Gasteiger partial charge on any atom is -0.481 e. The molecule has 0 bridgehead atoms. The maximum Gasteiger partial charge on any atom is 0.335 e. The van der Waals surface area contributed by atoms with E-state index < -0.39 is 5.97 Å². The molecule has 0 radical (unpaired) electrons. The molecule has 0 aromatic heterocycles. The molecule has 104 valence electrons. The first-order chi connectivity index (χ1) is 8.86. The zero-order chi connectivity index (χ0) is 14.6. The molecular formula is C12H13Br2NO4. The van der Waals surface area contributed by atoms with Gasteiger partial charge < -0.3 is 14.7 Å². The molecule has 7 heteroatoms. The van der Waals surface area contributed by atoms with E-state index >= 15 is 0 Å². The molecule has 0 aliphatic carbocycles. The Kier molecular flexibility index (Phi) is 5.81. The lowest BCUT2D eigenvalue weighted by atomic mass is 10.2. The van der Waals surface area contributed by atoms with Gasteiger partial charge in [-0.2, -0.15) is 0 Å². The van der Waals surface area contributed by atoms with Crippen molar-refractivity contribution in [1.29, 1.82) is 0 Å². The van der Waals surface area contributed by atoms with Gasteiger partial charge in [0.1, 0.15) is 5.75 Å². The molecule has 1 rings (SSSR count). The van der Waals surface area contributed by atoms with Crippen LogP contribution in [-0.4, -0.2) is 42.1 Å². The number of hydrogen-bond acceptors (Lipinski definition) is 3. The van der Waals surface area contributed by atoms with Gasteiger partial charge >= 0.3 is 5.97 Å². The predicted molar refractivity (Wildman–Crippen MR) is 77.6 cm³/mol. The summed E-state index contributed by atoms with van der Waals surface area (Å²) in [6, 6.07) is 2.85. The molecule has 1 aromatic rings. The highest BCUT2D eigenvalue weighted by molar-refractivity contribution is 9.11. The van der Waals surface area contributed by atoms with Gasteiger partial charge in [0, 0.05) is 13.6 Å². The lowest BCUT2D eigenvalue weighted by Crippen LogP contribution is -2.31. The Bertz CT molecular complexity index is 481. The topological polar surface area (TPSA) is 66.8 Å². The third-order valence-electron chi connectivity index (χ3n) is 2.49. The summed E-state index contributed by atoms with van der Waals surface area (Å²) in [5, 5.41) is 8.90. The average molecular weight is 395 g/mol. The van der Waals surface area contributed by atoms with E-state index in [-0.39, 0.29) is 18.1 Å². The molecule has 5 nitrogen and oxygen atoms in total. The normalized spacial score (nSPS) is 10.1. The van der Waals surface area contributed by atoms with E-state index in [0.717, 1.165) is 0 Å². The largest absolute Gasteiger partial charge is 0.481 e. The van der Waals surface area contributed by atoms with Gasteiger partial charge in [-0.05, 0) is 50.9 Å². The van der Waals surface area contributed by atoms with E-state index in [0.29, 0.717) is 21.2 Å². The van der Waals surface area contributed by atoms with Crippen molar-refractivity contribution in [1.82, 2.24) is 4.90 Å². The summed E-state index contributed by atoms with van der Waals surface area (Å²) in [5.74, 6) is -0.777. The number of nitrogens with zero attached hydrogens (tertiary/aromatic N) is 1. The Labute approximate surface area is 127 Å². The van der Waals surface area contributed by atoms with Gasteiger partial charge in [0.15, 0.2) is 6.61 Å². The molecular weight excluding hydrogens is 382 g/mol. The van der Waals surface area contributed by atoms with Crippen molar-refractivity contribution in [3.8, 4) is 5.75 Å². The van der Waals surface area contributed by atoms with Gasteiger partial charge in [0.25, 0.3) is 5.91 Å². The SMILES string of the molecule is CCN(C)C(=O)COc1c(Br)cc(C(=O)O)cc1Br. The van der Waals surface area contributed by atoms with Gasteiger partial charge in [0.05, 0.1) is 14.5 Å². The van der Waals surface area contributed by atoms with Crippen LogP contribution in [0.5, 0.6) is 5.75 Å². The zero-order valence-electron chi connectivity index (χ0n) is 10.4. The van der Waals surface area contributed by atoms with Crippen molar-refractivity contribution in [2.24, 2.45) is 0 Å². The first-order valence-electron chi connectivity index (χ1n) is 5.46. The quantitative estimate of drug-likeness (QED) is 0.833. The molecule has 0 saturated carbocycles. The number of halogens is 2. The number of carboxylic acids is 1. The van der Waals surface area contributed by atoms with E-state index in [2.05, 4.69) is 31.9 Å². The highest BCUT2D eigenvalue weighted by Gasteiger charge is 2.15. The van der Waals surface area contributed by atoms with Crippen LogP contribution in [0.3, 0.4) is 0 Å². The van der Waals surface area contributed by atoms with Gasteiger partial charge in [-0.3, -0.25) is 4.79 Å². The molecule has 0 saturated heterocycles. The second-order valence-corrected chi connectivity index (χ2v) is 5.48. The molecule has 1 aromatic carbocycles. The van der Waals surface area contributed by atoms with E-state index in [1.807, 2.05) is 6.92 Å². The number of rotatable bonds is 5. The fourth-order valence-electron chi connectivity index (χ4n) is 1.24. The molecule has 19 heavy (non-hydrogen) atoms. The van der Waals surface area contributed by atoms with Crippen molar-refractivity contribution in [3.05, 3.63) is 26.6 Å². The van der Waals surface area contributed by atoms with Crippen molar-refractivity contribution >= 4 is 43.7 Å². The number of carboxylic acid groups (broad SMARTS) is 1. The fourth-order valence-corrected chi connectivity index (χ4v) is 2.66. The van der Waals surface area contributed by atoms with Crippen LogP contribution in [0, 0.1) is 0 Å². The van der Waals surface area contributed by atoms with E-state index in [4.69, 9.17) is 9.84 Å². The van der Waals surface area contributed by atoms with Crippen LogP contribution in [0.2, 0.25) is 0 Å². The van der Waals surface area contributed by atoms with E-state index in [1.165, 1.54) is 17.0 Å². The number of carbonyl (C=O) groups is 2. The Morgan fingerprint density at radius 2 is 1.84 bits per heavy atom. The standard InChI is InChI=1S/C12H13Br2NO4/c1-3-15(2)10(16)6-19-11-8(13)4-7(12(17)18)5-9(11)14/h4-5H,3,6H2,1-2H3,(H,17,18). The van der Waals surface area contributed by atoms with Gasteiger partial charge in [-0.25, -0.2) is 4.79 Å². The lowest BCUT2D eigenvalue weighted by molar-refractivity contribution is -0.131. The maximum absolute atomic E-state index is 11.6. The zero-order valence-corrected chi connectivity index (χ0v) is 13.6. The van der Waals surface area contributed by atoms with Crippen LogP contribution in [0.15, 0.2) is 21.1 Å². The van der Waals surface area contributed by atoms with E-state index in [1.54, 1.807) is 7.05 Å². The fraction of sp³-hybridized carbons (Fsp3) is 0.333. The number of likely N-dealkylation sites (N-methyl/N-ethyl adjacent to an activating group) is 1. The van der Waals surface area contributed by atoms with Crippen LogP contribution >= 0.6 is 31.9 Å². The van der Waals surface area contributed by atoms with E-state index in [9.17, 15) is 9.59 Å². The number of hydrogen-bond donors (Lipinski definition) is 1. The Balaban J connectivity index is 2.85. The van der Waals surface area contributed by atoms with Crippen LogP contribution in [0.1, 0.15) is 17.3 Å².